The molecule has 0 radical (unpaired) electrons. The maximum absolute atomic E-state index is 2.44. The minimum atomic E-state index is 1.15. The zero-order valence-electron chi connectivity index (χ0n) is 67.8. The molecule has 124 heavy (non-hydrogen) atoms. The zero-order valence-corrected chi connectivity index (χ0v) is 67.8. The molecule has 4 heterocycles. The largest absolute Gasteiger partial charge is 0.309 e. The number of fused-ring (bicyclic) bond motifs is 18. The topological polar surface area (TPSA) is 19.7 Å². The Morgan fingerprint density at radius 2 is 0.298 bits per heavy atom. The van der Waals surface area contributed by atoms with E-state index >= 15 is 0 Å². The van der Waals surface area contributed by atoms with Crippen molar-refractivity contribution in [1.82, 2.24) is 18.3 Å². The second-order valence-corrected chi connectivity index (χ2v) is 32.6. The molecule has 0 spiro atoms. The van der Waals surface area contributed by atoms with Crippen LogP contribution in [0.3, 0.4) is 0 Å². The smallest absolute Gasteiger partial charge is 0.0541 e. The van der Waals surface area contributed by atoms with Crippen LogP contribution in [-0.4, -0.2) is 18.3 Å². The molecular formula is C120H78N4. The lowest BCUT2D eigenvalue weighted by Crippen LogP contribution is -1.96. The third kappa shape index (κ3) is 12.3. The Bertz CT molecular complexity index is 8370. The molecule has 25 aromatic rings. The van der Waals surface area contributed by atoms with Crippen LogP contribution in [0.5, 0.6) is 0 Å². The Hall–Kier alpha value is -16.4. The number of aromatic nitrogens is 4. The molecule has 4 nitrogen and oxygen atoms in total. The van der Waals surface area contributed by atoms with Gasteiger partial charge in [-0.05, 0) is 249 Å². The summed E-state index contributed by atoms with van der Waals surface area (Å²) in [7, 11) is 0. The quantitative estimate of drug-likeness (QED) is 0.109. The molecule has 0 saturated carbocycles. The van der Waals surface area contributed by atoms with E-state index in [4.69, 9.17) is 0 Å². The molecule has 0 saturated heterocycles. The van der Waals surface area contributed by atoms with Gasteiger partial charge < -0.3 is 18.3 Å². The van der Waals surface area contributed by atoms with Gasteiger partial charge in [0.05, 0.1) is 44.1 Å². The van der Waals surface area contributed by atoms with Crippen LogP contribution >= 0.6 is 0 Å². The number of benzene rings is 21. The number of hydrogen-bond donors (Lipinski definition) is 0. The van der Waals surface area contributed by atoms with Gasteiger partial charge in [-0.2, -0.15) is 0 Å². The van der Waals surface area contributed by atoms with Crippen LogP contribution in [0.25, 0.3) is 231 Å². The van der Waals surface area contributed by atoms with E-state index in [1.54, 1.807) is 0 Å². The Labute approximate surface area is 717 Å². The van der Waals surface area contributed by atoms with Crippen molar-refractivity contribution < 1.29 is 0 Å². The molecule has 25 rings (SSSR count). The molecule has 4 heteroatoms. The zero-order chi connectivity index (χ0) is 81.7. The van der Waals surface area contributed by atoms with E-state index in [1.165, 1.54) is 226 Å². The predicted molar refractivity (Wildman–Crippen MR) is 526 cm³/mol. The number of hydrogen-bond acceptors (Lipinski definition) is 0. The highest BCUT2D eigenvalue weighted by Crippen LogP contribution is 2.45. The number of rotatable bonds is 12. The molecule has 0 atom stereocenters. The van der Waals surface area contributed by atoms with Crippen LogP contribution in [0.4, 0.5) is 0 Å². The second-order valence-electron chi connectivity index (χ2n) is 32.6. The van der Waals surface area contributed by atoms with E-state index in [0.717, 1.165) is 5.69 Å². The average molecular weight is 1580 g/mol. The van der Waals surface area contributed by atoms with Gasteiger partial charge in [-0.25, -0.2) is 0 Å². The lowest BCUT2D eigenvalue weighted by molar-refractivity contribution is 1.18. The van der Waals surface area contributed by atoms with Gasteiger partial charge >= 0.3 is 0 Å². The summed E-state index contributed by atoms with van der Waals surface area (Å²) < 4.78 is 9.60. The van der Waals surface area contributed by atoms with Crippen molar-refractivity contribution in [3.05, 3.63) is 473 Å². The molecule has 0 bridgehead atoms. The van der Waals surface area contributed by atoms with Gasteiger partial charge in [-0.3, -0.25) is 0 Å². The Morgan fingerprint density at radius 3 is 0.605 bits per heavy atom. The van der Waals surface area contributed by atoms with Crippen molar-refractivity contribution in [2.75, 3.05) is 0 Å². The molecule has 578 valence electrons. The Balaban J connectivity index is 0.000000139. The van der Waals surface area contributed by atoms with E-state index < -0.39 is 0 Å². The van der Waals surface area contributed by atoms with Crippen molar-refractivity contribution >= 4 is 120 Å². The maximum atomic E-state index is 2.44. The van der Waals surface area contributed by atoms with Crippen LogP contribution in [0.15, 0.2) is 473 Å². The van der Waals surface area contributed by atoms with Crippen LogP contribution in [0.2, 0.25) is 0 Å². The first-order valence-corrected chi connectivity index (χ1v) is 42.7. The lowest BCUT2D eigenvalue weighted by Gasteiger charge is -2.14. The van der Waals surface area contributed by atoms with E-state index in [1.807, 2.05) is 0 Å². The third-order valence-corrected chi connectivity index (χ3v) is 25.6. The monoisotopic (exact) mass is 1570 g/mol. The van der Waals surface area contributed by atoms with Gasteiger partial charge in [0.25, 0.3) is 0 Å². The summed E-state index contributed by atoms with van der Waals surface area (Å²) in [5, 5.41) is 17.8. The fraction of sp³-hybridized carbons (Fsp3) is 0. The van der Waals surface area contributed by atoms with E-state index in [9.17, 15) is 0 Å². The molecule has 0 fully saturated rings. The van der Waals surface area contributed by atoms with Crippen molar-refractivity contribution in [3.8, 4) is 112 Å². The first-order valence-electron chi connectivity index (χ1n) is 42.7. The summed E-state index contributed by atoms with van der Waals surface area (Å²) in [6, 6.07) is 173. The average Bonchev–Trinajstić information content (AvgIpc) is 1.37. The van der Waals surface area contributed by atoms with Gasteiger partial charge in [-0.15, -0.1) is 0 Å². The van der Waals surface area contributed by atoms with Gasteiger partial charge in [0.2, 0.25) is 0 Å². The normalized spacial score (nSPS) is 11.7. The van der Waals surface area contributed by atoms with Gasteiger partial charge in [-0.1, -0.05) is 346 Å². The molecular weight excluding hydrogens is 1500 g/mol. The highest BCUT2D eigenvalue weighted by Gasteiger charge is 2.22. The van der Waals surface area contributed by atoms with Crippen molar-refractivity contribution in [1.29, 1.82) is 0 Å². The van der Waals surface area contributed by atoms with Gasteiger partial charge in [0.1, 0.15) is 0 Å². The number of para-hydroxylation sites is 6. The first kappa shape index (κ1) is 71.7. The molecule has 0 aliphatic rings. The van der Waals surface area contributed by atoms with E-state index in [-0.39, 0.29) is 0 Å². The summed E-state index contributed by atoms with van der Waals surface area (Å²) in [5.41, 5.74) is 33.6. The fourth-order valence-corrected chi connectivity index (χ4v) is 19.7. The lowest BCUT2D eigenvalue weighted by atomic mass is 9.94. The molecule has 21 aromatic carbocycles. The van der Waals surface area contributed by atoms with Crippen LogP contribution < -0.4 is 0 Å². The van der Waals surface area contributed by atoms with E-state index in [2.05, 4.69) is 491 Å². The molecule has 0 amide bonds. The Kier molecular flexibility index (Phi) is 17.2. The summed E-state index contributed by atoms with van der Waals surface area (Å²) >= 11 is 0. The molecule has 4 aromatic heterocycles. The van der Waals surface area contributed by atoms with Crippen molar-refractivity contribution in [2.24, 2.45) is 0 Å². The maximum Gasteiger partial charge on any atom is 0.0541 e. The third-order valence-electron chi connectivity index (χ3n) is 25.6. The summed E-state index contributed by atoms with van der Waals surface area (Å²) in [6.07, 6.45) is 0. The fourth-order valence-electron chi connectivity index (χ4n) is 19.7. The standard InChI is InChI=1S/C60H38N2.C60H40N2/c1-2-12-45(13-3-1)61-57-20-10-8-18-52(57)55-36-43(30-34-59(55)61)41-26-22-39(23-27-41)40-24-28-42(29-25-40)44-31-35-60-56(37-44)53-19-9-11-21-58(53)62(60)46-32-33-51-49-16-5-4-14-47(49)48-15-6-7-17-50(48)54(51)38-46;1-4-14-41(15-5-1)49-36-50(42-16-6-2-7-17-42)38-52(37-49)62-58-23-13-11-21-54(58)56-40-48(33-35-60(56)62)46-30-26-44(27-31-46)43-24-28-45(29-25-43)47-32-34-59-55(39-47)53-20-10-12-22-57(53)61(59)51-18-8-3-9-19-51/h1-38H;1-40H. The van der Waals surface area contributed by atoms with Crippen molar-refractivity contribution in [3.63, 3.8) is 0 Å². The highest BCUT2D eigenvalue weighted by atomic mass is 15.0. The first-order chi connectivity index (χ1) is 61.5. The summed E-state index contributed by atoms with van der Waals surface area (Å²) in [5.74, 6) is 0. The summed E-state index contributed by atoms with van der Waals surface area (Å²) in [6.45, 7) is 0. The van der Waals surface area contributed by atoms with Crippen LogP contribution in [0, 0.1) is 0 Å². The van der Waals surface area contributed by atoms with Gasteiger partial charge in [0.15, 0.2) is 0 Å². The minimum Gasteiger partial charge on any atom is -0.309 e. The SMILES string of the molecule is c1ccc(-c2cc(-c3ccccc3)cc(-n3c4ccccc4c4cc(-c5ccc(-c6ccc(-c7ccc8c(c7)c7ccccc7n8-c7ccccc7)cc6)cc5)ccc43)c2)cc1.c1ccc(-n2c3ccccc3c3cc(-c4ccc(-c5ccc(-c6ccc7c(c6)c6ccccc6n7-c6ccc7c8ccccc8c8ccccc8c7c6)cc5)cc4)ccc32)cc1. The van der Waals surface area contributed by atoms with Gasteiger partial charge in [0, 0.05) is 65.8 Å². The van der Waals surface area contributed by atoms with Crippen molar-refractivity contribution in [2.45, 2.75) is 0 Å². The van der Waals surface area contributed by atoms with Crippen LogP contribution in [-0.2, 0) is 0 Å². The molecule has 0 N–H and O–H groups in total. The Morgan fingerprint density at radius 1 is 0.0887 bits per heavy atom. The molecule has 0 aliphatic heterocycles. The number of nitrogens with zero attached hydrogens (tertiary/aromatic N) is 4. The molecule has 0 aliphatic carbocycles. The minimum absolute atomic E-state index is 1.15. The predicted octanol–water partition coefficient (Wildman–Crippen LogP) is 32.6. The van der Waals surface area contributed by atoms with Crippen LogP contribution in [0.1, 0.15) is 0 Å². The second kappa shape index (κ2) is 29.8. The molecule has 0 unspecified atom stereocenters. The van der Waals surface area contributed by atoms with E-state index in [0.29, 0.717) is 0 Å². The highest BCUT2D eigenvalue weighted by molar-refractivity contribution is 6.26. The summed E-state index contributed by atoms with van der Waals surface area (Å²) in [4.78, 5) is 0.